The zero-order chi connectivity index (χ0) is 17.8. The predicted octanol–water partition coefficient (Wildman–Crippen LogP) is 2.66. The summed E-state index contributed by atoms with van der Waals surface area (Å²) in [6, 6.07) is 12.4. The second kappa shape index (κ2) is 7.25. The number of ketones is 1. The second-order valence-corrected chi connectivity index (χ2v) is 5.81. The van der Waals surface area contributed by atoms with Gasteiger partial charge in [-0.25, -0.2) is 0 Å². The number of nitrogens with zero attached hydrogens (tertiary/aromatic N) is 1. The van der Waals surface area contributed by atoms with Gasteiger partial charge in [0.2, 0.25) is 6.79 Å². The SMILES string of the molecule is CC(=O)c1cccc(OCC(=O)N(C)Cc2ccc3c(c2)OCO3)c1. The Hall–Kier alpha value is -3.02. The molecule has 0 unspecified atom stereocenters. The number of amides is 1. The summed E-state index contributed by atoms with van der Waals surface area (Å²) in [4.78, 5) is 25.2. The Morgan fingerprint density at radius 3 is 2.72 bits per heavy atom. The van der Waals surface area contributed by atoms with Crippen LogP contribution in [0.5, 0.6) is 17.2 Å². The third kappa shape index (κ3) is 4.09. The molecule has 0 saturated carbocycles. The number of hydrogen-bond donors (Lipinski definition) is 0. The van der Waals surface area contributed by atoms with Crippen LogP contribution in [0.4, 0.5) is 0 Å². The molecule has 0 N–H and O–H groups in total. The standard InChI is InChI=1S/C19H19NO5/c1-13(21)15-4-3-5-16(9-15)23-11-19(22)20(2)10-14-6-7-17-18(8-14)25-12-24-17/h3-9H,10-12H2,1-2H3. The van der Waals surface area contributed by atoms with Crippen molar-refractivity contribution in [2.75, 3.05) is 20.4 Å². The summed E-state index contributed by atoms with van der Waals surface area (Å²) in [6.07, 6.45) is 0. The number of carbonyl (C=O) groups excluding carboxylic acids is 2. The van der Waals surface area contributed by atoms with Crippen molar-refractivity contribution in [2.45, 2.75) is 13.5 Å². The Morgan fingerprint density at radius 1 is 1.12 bits per heavy atom. The highest BCUT2D eigenvalue weighted by molar-refractivity contribution is 5.94. The van der Waals surface area contributed by atoms with Gasteiger partial charge in [-0.3, -0.25) is 9.59 Å². The number of carbonyl (C=O) groups is 2. The van der Waals surface area contributed by atoms with Gasteiger partial charge in [-0.1, -0.05) is 18.2 Å². The van der Waals surface area contributed by atoms with Crippen LogP contribution >= 0.6 is 0 Å². The molecular weight excluding hydrogens is 322 g/mol. The van der Waals surface area contributed by atoms with Gasteiger partial charge >= 0.3 is 0 Å². The van der Waals surface area contributed by atoms with Crippen molar-refractivity contribution in [2.24, 2.45) is 0 Å². The van der Waals surface area contributed by atoms with E-state index in [2.05, 4.69) is 0 Å². The van der Waals surface area contributed by atoms with Gasteiger partial charge in [0.15, 0.2) is 23.9 Å². The lowest BCUT2D eigenvalue weighted by atomic mass is 10.1. The van der Waals surface area contributed by atoms with Gasteiger partial charge in [-0.15, -0.1) is 0 Å². The zero-order valence-electron chi connectivity index (χ0n) is 14.2. The Bertz CT molecular complexity index is 802. The fourth-order valence-electron chi connectivity index (χ4n) is 2.46. The summed E-state index contributed by atoms with van der Waals surface area (Å²) >= 11 is 0. The van der Waals surface area contributed by atoms with Crippen LogP contribution in [-0.2, 0) is 11.3 Å². The van der Waals surface area contributed by atoms with Crippen LogP contribution in [0.15, 0.2) is 42.5 Å². The lowest BCUT2D eigenvalue weighted by Gasteiger charge is -2.18. The highest BCUT2D eigenvalue weighted by atomic mass is 16.7. The minimum absolute atomic E-state index is 0.0447. The number of fused-ring (bicyclic) bond motifs is 1. The predicted molar refractivity (Wildman–Crippen MR) is 91.0 cm³/mol. The van der Waals surface area contributed by atoms with Crippen molar-refractivity contribution in [1.82, 2.24) is 4.90 Å². The maximum Gasteiger partial charge on any atom is 0.260 e. The smallest absolute Gasteiger partial charge is 0.260 e. The minimum atomic E-state index is -0.161. The van der Waals surface area contributed by atoms with E-state index in [9.17, 15) is 9.59 Å². The Morgan fingerprint density at radius 2 is 1.92 bits per heavy atom. The maximum atomic E-state index is 12.3. The van der Waals surface area contributed by atoms with Crippen LogP contribution in [0.25, 0.3) is 0 Å². The van der Waals surface area contributed by atoms with E-state index in [1.54, 1.807) is 36.2 Å². The molecular formula is C19H19NO5. The van der Waals surface area contributed by atoms with Crippen LogP contribution in [0.1, 0.15) is 22.8 Å². The van der Waals surface area contributed by atoms with Gasteiger partial charge in [0.1, 0.15) is 5.75 Å². The van der Waals surface area contributed by atoms with Gasteiger partial charge in [0.05, 0.1) is 0 Å². The van der Waals surface area contributed by atoms with Crippen molar-refractivity contribution in [3.05, 3.63) is 53.6 Å². The summed E-state index contributed by atoms with van der Waals surface area (Å²) in [7, 11) is 1.71. The van der Waals surface area contributed by atoms with Crippen LogP contribution in [-0.4, -0.2) is 37.0 Å². The molecule has 0 aromatic heterocycles. The van der Waals surface area contributed by atoms with E-state index < -0.39 is 0 Å². The molecule has 0 saturated heterocycles. The van der Waals surface area contributed by atoms with Crippen LogP contribution in [0, 0.1) is 0 Å². The maximum absolute atomic E-state index is 12.3. The lowest BCUT2D eigenvalue weighted by molar-refractivity contribution is -0.132. The molecule has 0 radical (unpaired) electrons. The van der Waals surface area contributed by atoms with Crippen molar-refractivity contribution in [1.29, 1.82) is 0 Å². The molecule has 0 bridgehead atoms. The molecule has 0 aliphatic carbocycles. The summed E-state index contributed by atoms with van der Waals surface area (Å²) < 4.78 is 16.1. The molecule has 6 nitrogen and oxygen atoms in total. The topological polar surface area (TPSA) is 65.1 Å². The normalized spacial score (nSPS) is 11.9. The van der Waals surface area contributed by atoms with Gasteiger partial charge in [0.25, 0.3) is 5.91 Å². The number of ether oxygens (including phenoxy) is 3. The van der Waals surface area contributed by atoms with Gasteiger partial charge in [-0.05, 0) is 36.8 Å². The fraction of sp³-hybridized carbons (Fsp3) is 0.263. The summed E-state index contributed by atoms with van der Waals surface area (Å²) in [6.45, 7) is 2.05. The number of hydrogen-bond acceptors (Lipinski definition) is 5. The molecule has 1 aliphatic heterocycles. The molecule has 0 fully saturated rings. The van der Waals surface area contributed by atoms with E-state index in [1.165, 1.54) is 6.92 Å². The van der Waals surface area contributed by atoms with E-state index in [1.807, 2.05) is 18.2 Å². The largest absolute Gasteiger partial charge is 0.484 e. The average Bonchev–Trinajstić information content (AvgIpc) is 3.07. The van der Waals surface area contributed by atoms with Crippen molar-refractivity contribution < 1.29 is 23.8 Å². The van der Waals surface area contributed by atoms with Gasteiger partial charge < -0.3 is 19.1 Å². The van der Waals surface area contributed by atoms with E-state index in [0.717, 1.165) is 5.56 Å². The van der Waals surface area contributed by atoms with Crippen molar-refractivity contribution in [3.63, 3.8) is 0 Å². The highest BCUT2D eigenvalue weighted by Gasteiger charge is 2.16. The first-order valence-electron chi connectivity index (χ1n) is 7.89. The molecule has 1 aliphatic rings. The third-order valence-corrected chi connectivity index (χ3v) is 3.89. The Kier molecular flexibility index (Phi) is 4.88. The lowest BCUT2D eigenvalue weighted by Crippen LogP contribution is -2.30. The zero-order valence-corrected chi connectivity index (χ0v) is 14.2. The van der Waals surface area contributed by atoms with Gasteiger partial charge in [-0.2, -0.15) is 0 Å². The Balaban J connectivity index is 1.56. The number of benzene rings is 2. The summed E-state index contributed by atoms with van der Waals surface area (Å²) in [5, 5.41) is 0. The van der Waals surface area contributed by atoms with E-state index in [0.29, 0.717) is 29.4 Å². The van der Waals surface area contributed by atoms with Crippen LogP contribution in [0.3, 0.4) is 0 Å². The molecule has 1 amide bonds. The number of likely N-dealkylation sites (N-methyl/N-ethyl adjacent to an activating group) is 1. The Labute approximate surface area is 145 Å². The van der Waals surface area contributed by atoms with E-state index in [4.69, 9.17) is 14.2 Å². The van der Waals surface area contributed by atoms with Crippen molar-refractivity contribution >= 4 is 11.7 Å². The molecule has 0 atom stereocenters. The second-order valence-electron chi connectivity index (χ2n) is 5.81. The molecule has 130 valence electrons. The molecule has 25 heavy (non-hydrogen) atoms. The van der Waals surface area contributed by atoms with Crippen LogP contribution in [0.2, 0.25) is 0 Å². The van der Waals surface area contributed by atoms with Crippen LogP contribution < -0.4 is 14.2 Å². The van der Waals surface area contributed by atoms with Gasteiger partial charge in [0, 0.05) is 19.2 Å². The molecule has 1 heterocycles. The van der Waals surface area contributed by atoms with E-state index in [-0.39, 0.29) is 25.1 Å². The first-order valence-corrected chi connectivity index (χ1v) is 7.89. The minimum Gasteiger partial charge on any atom is -0.484 e. The third-order valence-electron chi connectivity index (χ3n) is 3.89. The number of rotatable bonds is 6. The monoisotopic (exact) mass is 341 g/mol. The first kappa shape index (κ1) is 16.8. The molecule has 0 spiro atoms. The fourth-order valence-corrected chi connectivity index (χ4v) is 2.46. The summed E-state index contributed by atoms with van der Waals surface area (Å²) in [5.41, 5.74) is 1.50. The molecule has 3 rings (SSSR count). The van der Waals surface area contributed by atoms with E-state index >= 15 is 0 Å². The quantitative estimate of drug-likeness (QED) is 0.756. The molecule has 2 aromatic rings. The highest BCUT2D eigenvalue weighted by Crippen LogP contribution is 2.32. The first-order chi connectivity index (χ1) is 12.0. The number of Topliss-reactive ketones (excluding diaryl/α,β-unsaturated/α-hetero) is 1. The molecule has 2 aromatic carbocycles. The average molecular weight is 341 g/mol. The molecule has 6 heteroatoms. The summed E-state index contributed by atoms with van der Waals surface area (Å²) in [5.74, 6) is 1.70. The van der Waals surface area contributed by atoms with Crippen molar-refractivity contribution in [3.8, 4) is 17.2 Å².